The van der Waals surface area contributed by atoms with Gasteiger partial charge in [-0.25, -0.2) is 8.78 Å². The second-order valence-electron chi connectivity index (χ2n) is 7.70. The lowest BCUT2D eigenvalue weighted by molar-refractivity contribution is -0.110. The van der Waals surface area contributed by atoms with E-state index in [2.05, 4.69) is 15.5 Å². The Morgan fingerprint density at radius 1 is 1.18 bits per heavy atom. The van der Waals surface area contributed by atoms with Crippen molar-refractivity contribution in [3.8, 4) is 17.2 Å². The largest absolute Gasteiger partial charge is 0.497 e. The third-order valence-electron chi connectivity index (χ3n) is 5.53. The minimum Gasteiger partial charge on any atom is -0.497 e. The number of nitrogens with zero attached hydrogens (tertiary/aromatic N) is 3. The average molecular weight is 456 g/mol. The molecule has 33 heavy (non-hydrogen) atoms. The molecule has 8 nitrogen and oxygen atoms in total. The van der Waals surface area contributed by atoms with Crippen LogP contribution in [0.1, 0.15) is 24.3 Å². The number of ether oxygens (including phenoxy) is 1. The summed E-state index contributed by atoms with van der Waals surface area (Å²) in [6.07, 6.45) is 1.22. The highest BCUT2D eigenvalue weighted by molar-refractivity contribution is 5.65. The van der Waals surface area contributed by atoms with Crippen LogP contribution in [-0.4, -0.2) is 49.0 Å². The van der Waals surface area contributed by atoms with Crippen molar-refractivity contribution in [1.82, 2.24) is 10.2 Å². The number of rotatable bonds is 10. The van der Waals surface area contributed by atoms with E-state index in [4.69, 9.17) is 9.15 Å². The van der Waals surface area contributed by atoms with Gasteiger partial charge in [0, 0.05) is 42.2 Å². The third-order valence-corrected chi connectivity index (χ3v) is 5.53. The van der Waals surface area contributed by atoms with Crippen molar-refractivity contribution in [2.24, 2.45) is 0 Å². The summed E-state index contributed by atoms with van der Waals surface area (Å²) in [5, 5.41) is 11.1. The Balaban J connectivity index is 1.37. The number of benzene rings is 2. The number of halogens is 2. The minimum absolute atomic E-state index is 0.0460. The summed E-state index contributed by atoms with van der Waals surface area (Å²) in [5.74, 6) is -1.52. The van der Waals surface area contributed by atoms with E-state index in [1.807, 2.05) is 12.1 Å². The summed E-state index contributed by atoms with van der Waals surface area (Å²) >= 11 is 0. The predicted octanol–water partition coefficient (Wildman–Crippen LogP) is 3.59. The normalized spacial score (nSPS) is 14.5. The zero-order chi connectivity index (χ0) is 23.4. The SMILES string of the molecule is COc1ccc(-c2nnc(NC3CN(c4cc(F)c(C(C=O)CCC=O)c(F)c4)C3)o2)cc1. The lowest BCUT2D eigenvalue weighted by Crippen LogP contribution is -2.55. The molecule has 1 fully saturated rings. The van der Waals surface area contributed by atoms with Gasteiger partial charge in [0.05, 0.1) is 13.2 Å². The Bertz CT molecular complexity index is 1110. The van der Waals surface area contributed by atoms with E-state index in [1.54, 1.807) is 24.1 Å². The van der Waals surface area contributed by atoms with Crippen LogP contribution in [0.2, 0.25) is 0 Å². The standard InChI is InChI=1S/C23H22F2N4O4/c1-32-18-6-4-14(5-7-18)22-27-28-23(33-22)26-16-11-29(12-16)17-9-19(24)21(20(25)10-17)15(13-31)3-2-8-30/h4-10,13,15-16H,2-3,11-12H2,1H3,(H,26,28). The van der Waals surface area contributed by atoms with Gasteiger partial charge < -0.3 is 29.0 Å². The van der Waals surface area contributed by atoms with Gasteiger partial charge in [-0.1, -0.05) is 5.10 Å². The number of hydrogen-bond acceptors (Lipinski definition) is 8. The minimum atomic E-state index is -0.993. The van der Waals surface area contributed by atoms with Gasteiger partial charge in [0.1, 0.15) is 30.0 Å². The Morgan fingerprint density at radius 2 is 1.88 bits per heavy atom. The van der Waals surface area contributed by atoms with Crippen molar-refractivity contribution < 1.29 is 27.5 Å². The van der Waals surface area contributed by atoms with Gasteiger partial charge in [-0.15, -0.1) is 5.10 Å². The average Bonchev–Trinajstić information content (AvgIpc) is 3.26. The van der Waals surface area contributed by atoms with Gasteiger partial charge in [0.2, 0.25) is 5.89 Å². The van der Waals surface area contributed by atoms with E-state index in [1.165, 1.54) is 12.1 Å². The summed E-state index contributed by atoms with van der Waals surface area (Å²) < 4.78 is 39.9. The van der Waals surface area contributed by atoms with E-state index in [-0.39, 0.29) is 30.5 Å². The van der Waals surface area contributed by atoms with Gasteiger partial charge in [-0.2, -0.15) is 0 Å². The molecule has 2 heterocycles. The Hall–Kier alpha value is -3.82. The molecule has 10 heteroatoms. The van der Waals surface area contributed by atoms with Crippen molar-refractivity contribution in [1.29, 1.82) is 0 Å². The summed E-state index contributed by atoms with van der Waals surface area (Å²) in [5.41, 5.74) is 0.818. The fraction of sp³-hybridized carbons (Fsp3) is 0.304. The molecule has 3 aromatic rings. The molecule has 2 aromatic carbocycles. The zero-order valence-electron chi connectivity index (χ0n) is 17.8. The first kappa shape index (κ1) is 22.4. The smallest absolute Gasteiger partial charge is 0.316 e. The molecule has 1 unspecified atom stereocenters. The molecule has 1 saturated heterocycles. The molecule has 4 rings (SSSR count). The van der Waals surface area contributed by atoms with Crippen LogP contribution < -0.4 is 15.0 Å². The maximum atomic E-state index is 14.6. The Labute approximate surface area is 188 Å². The highest BCUT2D eigenvalue weighted by Crippen LogP contribution is 2.31. The van der Waals surface area contributed by atoms with Crippen LogP contribution >= 0.6 is 0 Å². The second kappa shape index (κ2) is 9.76. The lowest BCUT2D eigenvalue weighted by atomic mass is 9.94. The molecule has 0 spiro atoms. The number of aromatic nitrogens is 2. The number of methoxy groups -OCH3 is 1. The predicted molar refractivity (Wildman–Crippen MR) is 116 cm³/mol. The number of nitrogens with one attached hydrogen (secondary N) is 1. The van der Waals surface area contributed by atoms with Gasteiger partial charge in [0.25, 0.3) is 0 Å². The molecule has 1 aliphatic rings. The van der Waals surface area contributed by atoms with Crippen molar-refractivity contribution >= 4 is 24.3 Å². The zero-order valence-corrected chi connectivity index (χ0v) is 17.8. The van der Waals surface area contributed by atoms with E-state index >= 15 is 0 Å². The fourth-order valence-electron chi connectivity index (χ4n) is 3.72. The number of carbonyl (C=O) groups excluding carboxylic acids is 2. The summed E-state index contributed by atoms with van der Waals surface area (Å²) in [6.45, 7) is 0.946. The van der Waals surface area contributed by atoms with Gasteiger partial charge in [-0.05, 0) is 42.8 Å². The summed E-state index contributed by atoms with van der Waals surface area (Å²) in [4.78, 5) is 23.6. The van der Waals surface area contributed by atoms with Gasteiger partial charge in [-0.3, -0.25) is 0 Å². The first-order chi connectivity index (χ1) is 16.0. The van der Waals surface area contributed by atoms with E-state index in [9.17, 15) is 18.4 Å². The van der Waals surface area contributed by atoms with Crippen molar-refractivity contribution in [3.05, 3.63) is 53.6 Å². The van der Waals surface area contributed by atoms with Gasteiger partial charge in [0.15, 0.2) is 0 Å². The molecular formula is C23H22F2N4O4. The molecule has 1 atom stereocenters. The van der Waals surface area contributed by atoms with Crippen LogP contribution in [0.4, 0.5) is 20.5 Å². The van der Waals surface area contributed by atoms with Crippen LogP contribution in [0.15, 0.2) is 40.8 Å². The van der Waals surface area contributed by atoms with Crippen LogP contribution in [0.5, 0.6) is 5.75 Å². The highest BCUT2D eigenvalue weighted by Gasteiger charge is 2.30. The quantitative estimate of drug-likeness (QED) is 0.463. The molecule has 1 aromatic heterocycles. The third kappa shape index (κ3) is 4.84. The van der Waals surface area contributed by atoms with Crippen molar-refractivity contribution in [2.75, 3.05) is 30.4 Å². The number of carbonyl (C=O) groups is 2. The van der Waals surface area contributed by atoms with E-state index in [0.29, 0.717) is 37.2 Å². The molecule has 0 amide bonds. The Kier molecular flexibility index (Phi) is 6.62. The molecule has 0 radical (unpaired) electrons. The van der Waals surface area contributed by atoms with Crippen LogP contribution in [-0.2, 0) is 9.59 Å². The highest BCUT2D eigenvalue weighted by atomic mass is 19.1. The molecule has 172 valence electrons. The fourth-order valence-corrected chi connectivity index (χ4v) is 3.72. The van der Waals surface area contributed by atoms with Crippen LogP contribution in [0.25, 0.3) is 11.5 Å². The van der Waals surface area contributed by atoms with Gasteiger partial charge >= 0.3 is 6.01 Å². The van der Waals surface area contributed by atoms with Crippen molar-refractivity contribution in [2.45, 2.75) is 24.8 Å². The number of anilines is 2. The molecular weight excluding hydrogens is 434 g/mol. The van der Waals surface area contributed by atoms with Crippen molar-refractivity contribution in [3.63, 3.8) is 0 Å². The number of hydrogen-bond donors (Lipinski definition) is 1. The molecule has 0 bridgehead atoms. The maximum Gasteiger partial charge on any atom is 0.316 e. The first-order valence-electron chi connectivity index (χ1n) is 10.4. The Morgan fingerprint density at radius 3 is 2.48 bits per heavy atom. The lowest BCUT2D eigenvalue weighted by Gasteiger charge is -2.41. The first-order valence-corrected chi connectivity index (χ1v) is 10.4. The number of aldehydes is 2. The maximum absolute atomic E-state index is 14.6. The molecule has 1 aliphatic heterocycles. The molecule has 0 saturated carbocycles. The second-order valence-corrected chi connectivity index (χ2v) is 7.70. The summed E-state index contributed by atoms with van der Waals surface area (Å²) in [7, 11) is 1.58. The van der Waals surface area contributed by atoms with Crippen LogP contribution in [0.3, 0.4) is 0 Å². The monoisotopic (exact) mass is 456 g/mol. The van der Waals surface area contributed by atoms with E-state index in [0.717, 1.165) is 11.3 Å². The van der Waals surface area contributed by atoms with Crippen LogP contribution in [0, 0.1) is 11.6 Å². The summed E-state index contributed by atoms with van der Waals surface area (Å²) in [6, 6.07) is 9.82. The molecule has 1 N–H and O–H groups in total. The molecule has 0 aliphatic carbocycles. The topological polar surface area (TPSA) is 97.6 Å². The van der Waals surface area contributed by atoms with E-state index < -0.39 is 17.6 Å².